The maximum Gasteiger partial charge on any atom is 0.150 e. The predicted octanol–water partition coefficient (Wildman–Crippen LogP) is 3.21. The Balaban J connectivity index is 2.41. The van der Waals surface area contributed by atoms with Crippen molar-refractivity contribution in [1.29, 1.82) is 0 Å². The SMILES string of the molecule is CN(C)c1ccc2c(c1)c1ccc(C=O)cc1n2C. The van der Waals surface area contributed by atoms with Gasteiger partial charge in [0.25, 0.3) is 0 Å². The molecule has 0 aliphatic carbocycles. The van der Waals surface area contributed by atoms with E-state index in [1.54, 1.807) is 0 Å². The molecule has 0 amide bonds. The highest BCUT2D eigenvalue weighted by Crippen LogP contribution is 2.31. The van der Waals surface area contributed by atoms with Crippen LogP contribution in [0.2, 0.25) is 0 Å². The third-order valence-electron chi connectivity index (χ3n) is 3.67. The summed E-state index contributed by atoms with van der Waals surface area (Å²) < 4.78 is 2.14. The van der Waals surface area contributed by atoms with Crippen LogP contribution in [0.15, 0.2) is 36.4 Å². The fourth-order valence-electron chi connectivity index (χ4n) is 2.57. The molecule has 1 aromatic heterocycles. The molecule has 3 aromatic rings. The van der Waals surface area contributed by atoms with E-state index in [2.05, 4.69) is 27.7 Å². The Bertz CT molecular complexity index is 784. The Hall–Kier alpha value is -2.29. The van der Waals surface area contributed by atoms with Crippen LogP contribution in [0.5, 0.6) is 0 Å². The fraction of sp³-hybridized carbons (Fsp3) is 0.188. The van der Waals surface area contributed by atoms with Gasteiger partial charge in [-0.25, -0.2) is 0 Å². The third kappa shape index (κ3) is 1.70. The molecule has 3 rings (SSSR count). The summed E-state index contributed by atoms with van der Waals surface area (Å²) >= 11 is 0. The number of aromatic nitrogens is 1. The van der Waals surface area contributed by atoms with E-state index in [-0.39, 0.29) is 0 Å². The van der Waals surface area contributed by atoms with Crippen molar-refractivity contribution in [3.63, 3.8) is 0 Å². The van der Waals surface area contributed by atoms with Crippen molar-refractivity contribution in [2.24, 2.45) is 7.05 Å². The first kappa shape index (κ1) is 11.8. The Kier molecular flexibility index (Phi) is 2.56. The minimum atomic E-state index is 0.714. The largest absolute Gasteiger partial charge is 0.378 e. The zero-order chi connectivity index (χ0) is 13.6. The number of aldehydes is 1. The molecule has 0 fully saturated rings. The summed E-state index contributed by atoms with van der Waals surface area (Å²) in [5, 5.41) is 2.41. The van der Waals surface area contributed by atoms with Crippen molar-refractivity contribution >= 4 is 33.8 Å². The number of aryl methyl sites for hydroxylation is 1. The summed E-state index contributed by atoms with van der Waals surface area (Å²) in [6.45, 7) is 0. The van der Waals surface area contributed by atoms with E-state index >= 15 is 0 Å². The summed E-state index contributed by atoms with van der Waals surface area (Å²) in [7, 11) is 6.11. The maximum absolute atomic E-state index is 10.9. The molecule has 0 unspecified atom stereocenters. The van der Waals surface area contributed by atoms with Gasteiger partial charge in [-0.05, 0) is 24.3 Å². The van der Waals surface area contributed by atoms with E-state index in [0.717, 1.165) is 11.8 Å². The molecule has 0 saturated carbocycles. The number of fused-ring (bicyclic) bond motifs is 3. The van der Waals surface area contributed by atoms with E-state index in [0.29, 0.717) is 5.56 Å². The van der Waals surface area contributed by atoms with Gasteiger partial charge in [-0.2, -0.15) is 0 Å². The van der Waals surface area contributed by atoms with E-state index in [1.807, 2.05) is 39.3 Å². The lowest BCUT2D eigenvalue weighted by molar-refractivity contribution is 0.112. The molecule has 0 atom stereocenters. The second kappa shape index (κ2) is 4.12. The number of nitrogens with zero attached hydrogens (tertiary/aromatic N) is 2. The lowest BCUT2D eigenvalue weighted by atomic mass is 10.1. The minimum Gasteiger partial charge on any atom is -0.378 e. The number of hydrogen-bond acceptors (Lipinski definition) is 2. The van der Waals surface area contributed by atoms with Gasteiger partial charge in [0.1, 0.15) is 6.29 Å². The predicted molar refractivity (Wildman–Crippen MR) is 80.1 cm³/mol. The van der Waals surface area contributed by atoms with Gasteiger partial charge >= 0.3 is 0 Å². The first-order valence-electron chi connectivity index (χ1n) is 6.26. The zero-order valence-electron chi connectivity index (χ0n) is 11.3. The molecular weight excluding hydrogens is 236 g/mol. The van der Waals surface area contributed by atoms with Crippen LogP contribution < -0.4 is 4.90 Å². The van der Waals surface area contributed by atoms with E-state index in [9.17, 15) is 4.79 Å². The molecule has 0 aliphatic rings. The standard InChI is InChI=1S/C16H16N2O/c1-17(2)12-5-7-15-14(9-12)13-6-4-11(10-19)8-16(13)18(15)3/h4-10H,1-3H3. The van der Waals surface area contributed by atoms with E-state index in [4.69, 9.17) is 0 Å². The summed E-state index contributed by atoms with van der Waals surface area (Å²) in [5.74, 6) is 0. The van der Waals surface area contributed by atoms with Gasteiger partial charge in [0, 0.05) is 54.2 Å². The molecule has 0 saturated heterocycles. The maximum atomic E-state index is 10.9. The number of carbonyl (C=O) groups excluding carboxylic acids is 1. The molecule has 0 aliphatic heterocycles. The Morgan fingerprint density at radius 3 is 2.47 bits per heavy atom. The second-order valence-electron chi connectivity index (χ2n) is 5.05. The van der Waals surface area contributed by atoms with Gasteiger partial charge in [-0.3, -0.25) is 4.79 Å². The van der Waals surface area contributed by atoms with Gasteiger partial charge in [0.15, 0.2) is 0 Å². The van der Waals surface area contributed by atoms with Gasteiger partial charge in [-0.15, -0.1) is 0 Å². The van der Waals surface area contributed by atoms with Crippen LogP contribution in [-0.2, 0) is 7.05 Å². The summed E-state index contributed by atoms with van der Waals surface area (Å²) in [6.07, 6.45) is 0.891. The fourth-order valence-corrected chi connectivity index (χ4v) is 2.57. The Morgan fingerprint density at radius 1 is 1.00 bits per heavy atom. The summed E-state index contributed by atoms with van der Waals surface area (Å²) in [5.41, 5.74) is 4.17. The van der Waals surface area contributed by atoms with Crippen molar-refractivity contribution in [2.75, 3.05) is 19.0 Å². The highest BCUT2D eigenvalue weighted by Gasteiger charge is 2.09. The molecule has 0 bridgehead atoms. The molecule has 19 heavy (non-hydrogen) atoms. The molecule has 1 heterocycles. The second-order valence-corrected chi connectivity index (χ2v) is 5.05. The highest BCUT2D eigenvalue weighted by atomic mass is 16.1. The van der Waals surface area contributed by atoms with Crippen LogP contribution in [0.3, 0.4) is 0 Å². The van der Waals surface area contributed by atoms with Gasteiger partial charge in [0.2, 0.25) is 0 Å². The van der Waals surface area contributed by atoms with Gasteiger partial charge in [0.05, 0.1) is 0 Å². The van der Waals surface area contributed by atoms with Crippen LogP contribution in [0.25, 0.3) is 21.8 Å². The van der Waals surface area contributed by atoms with E-state index in [1.165, 1.54) is 22.0 Å². The lowest BCUT2D eigenvalue weighted by Crippen LogP contribution is -2.08. The number of rotatable bonds is 2. The summed E-state index contributed by atoms with van der Waals surface area (Å²) in [6, 6.07) is 12.3. The number of benzene rings is 2. The topological polar surface area (TPSA) is 25.2 Å². The van der Waals surface area contributed by atoms with Crippen LogP contribution in [0.1, 0.15) is 10.4 Å². The average Bonchev–Trinajstić information content (AvgIpc) is 2.71. The highest BCUT2D eigenvalue weighted by molar-refractivity contribution is 6.10. The first-order valence-corrected chi connectivity index (χ1v) is 6.26. The lowest BCUT2D eigenvalue weighted by Gasteiger charge is -2.12. The quantitative estimate of drug-likeness (QED) is 0.654. The monoisotopic (exact) mass is 252 g/mol. The Morgan fingerprint density at radius 2 is 1.79 bits per heavy atom. The van der Waals surface area contributed by atoms with Crippen LogP contribution in [0.4, 0.5) is 5.69 Å². The van der Waals surface area contributed by atoms with Crippen molar-refractivity contribution in [1.82, 2.24) is 4.57 Å². The van der Waals surface area contributed by atoms with Crippen LogP contribution >= 0.6 is 0 Å². The molecule has 3 nitrogen and oxygen atoms in total. The van der Waals surface area contributed by atoms with Crippen molar-refractivity contribution in [3.05, 3.63) is 42.0 Å². The molecule has 2 aromatic carbocycles. The van der Waals surface area contributed by atoms with Crippen molar-refractivity contribution < 1.29 is 4.79 Å². The molecule has 0 spiro atoms. The van der Waals surface area contributed by atoms with E-state index < -0.39 is 0 Å². The van der Waals surface area contributed by atoms with Crippen LogP contribution in [-0.4, -0.2) is 24.9 Å². The normalized spacial score (nSPS) is 11.1. The van der Waals surface area contributed by atoms with Crippen molar-refractivity contribution in [2.45, 2.75) is 0 Å². The number of hydrogen-bond donors (Lipinski definition) is 0. The van der Waals surface area contributed by atoms with Gasteiger partial charge in [-0.1, -0.05) is 12.1 Å². The van der Waals surface area contributed by atoms with Crippen molar-refractivity contribution in [3.8, 4) is 0 Å². The molecular formula is C16H16N2O. The average molecular weight is 252 g/mol. The molecule has 3 heteroatoms. The first-order chi connectivity index (χ1) is 9.11. The van der Waals surface area contributed by atoms with Crippen LogP contribution in [0, 0.1) is 0 Å². The van der Waals surface area contributed by atoms with Gasteiger partial charge < -0.3 is 9.47 Å². The number of anilines is 1. The zero-order valence-corrected chi connectivity index (χ0v) is 11.3. The molecule has 0 radical (unpaired) electrons. The third-order valence-corrected chi connectivity index (χ3v) is 3.67. The minimum absolute atomic E-state index is 0.714. The molecule has 0 N–H and O–H groups in total. The number of carbonyl (C=O) groups is 1. The summed E-state index contributed by atoms with van der Waals surface area (Å²) in [4.78, 5) is 13.0. The Labute approximate surface area is 112 Å². The smallest absolute Gasteiger partial charge is 0.150 e. The molecule has 96 valence electrons.